The van der Waals surface area contributed by atoms with Gasteiger partial charge in [-0.15, -0.1) is 10.2 Å². The van der Waals surface area contributed by atoms with Crippen LogP contribution in [0.3, 0.4) is 0 Å². The lowest BCUT2D eigenvalue weighted by Gasteiger charge is -1.99. The molecule has 1 aromatic heterocycles. The number of anilines is 2. The van der Waals surface area contributed by atoms with Crippen molar-refractivity contribution in [2.75, 3.05) is 11.5 Å². The first-order valence-corrected chi connectivity index (χ1v) is 5.63. The van der Waals surface area contributed by atoms with Crippen LogP contribution < -0.4 is 11.5 Å². The summed E-state index contributed by atoms with van der Waals surface area (Å²) in [5, 5.41) is 7.99. The van der Waals surface area contributed by atoms with Gasteiger partial charge in [0, 0.05) is 16.4 Å². The molecule has 1 aromatic carbocycles. The molecule has 1 heterocycles. The lowest BCUT2D eigenvalue weighted by atomic mass is 10.2. The molecule has 6 heteroatoms. The largest absolute Gasteiger partial charge is 0.399 e. The third-order valence-electron chi connectivity index (χ3n) is 2.02. The summed E-state index contributed by atoms with van der Waals surface area (Å²) in [5.41, 5.74) is 13.0. The van der Waals surface area contributed by atoms with Gasteiger partial charge in [0.05, 0.1) is 5.69 Å². The maximum absolute atomic E-state index is 5.75. The van der Waals surface area contributed by atoms with E-state index in [4.69, 9.17) is 11.5 Å². The van der Waals surface area contributed by atoms with E-state index >= 15 is 0 Å². The topological polar surface area (TPSA) is 89.6 Å². The first kappa shape index (κ1) is 11.5. The van der Waals surface area contributed by atoms with E-state index < -0.39 is 0 Å². The van der Waals surface area contributed by atoms with Crippen molar-refractivity contribution in [1.29, 1.82) is 0 Å². The normalized spacial score (nSPS) is 10.9. The Labute approximate surface area is 107 Å². The van der Waals surface area contributed by atoms with E-state index in [0.717, 1.165) is 4.47 Å². The van der Waals surface area contributed by atoms with Crippen LogP contribution in [0.1, 0.15) is 0 Å². The Kier molecular flexibility index (Phi) is 3.34. The molecule has 0 aliphatic rings. The van der Waals surface area contributed by atoms with Gasteiger partial charge >= 0.3 is 0 Å². The predicted octanol–water partition coefficient (Wildman–Crippen LogP) is 3.42. The molecule has 0 fully saturated rings. The fourth-order valence-electron chi connectivity index (χ4n) is 1.20. The van der Waals surface area contributed by atoms with Crippen molar-refractivity contribution in [3.05, 3.63) is 41.0 Å². The van der Waals surface area contributed by atoms with Gasteiger partial charge < -0.3 is 11.5 Å². The number of nitrogen functional groups attached to an aromatic ring is 2. The third kappa shape index (κ3) is 3.01. The molecule has 0 saturated heterocycles. The Bertz CT molecular complexity index is 550. The molecule has 86 valence electrons. The zero-order chi connectivity index (χ0) is 12.3. The van der Waals surface area contributed by atoms with Gasteiger partial charge in [-0.25, -0.2) is 4.98 Å². The van der Waals surface area contributed by atoms with Gasteiger partial charge in [0.25, 0.3) is 0 Å². The molecule has 0 unspecified atom stereocenters. The van der Waals surface area contributed by atoms with Crippen molar-refractivity contribution < 1.29 is 0 Å². The van der Waals surface area contributed by atoms with Crippen LogP contribution in [0, 0.1) is 0 Å². The molecule has 0 saturated carbocycles. The molecule has 0 spiro atoms. The molecule has 4 N–H and O–H groups in total. The molecule has 0 radical (unpaired) electrons. The number of hydrogen-bond donors (Lipinski definition) is 2. The average molecular weight is 292 g/mol. The standard InChI is InChI=1S/C11H10BrN5/c12-7-1-4-11(15-6-7)17-16-10-3-2-8(13)5-9(10)14/h1-6H,13-14H2/b17-16+. The summed E-state index contributed by atoms with van der Waals surface area (Å²) >= 11 is 3.29. The number of aromatic nitrogens is 1. The number of rotatable bonds is 2. The van der Waals surface area contributed by atoms with Crippen LogP contribution in [-0.4, -0.2) is 4.98 Å². The highest BCUT2D eigenvalue weighted by molar-refractivity contribution is 9.10. The molecule has 0 aliphatic carbocycles. The predicted molar refractivity (Wildman–Crippen MR) is 71.4 cm³/mol. The van der Waals surface area contributed by atoms with Crippen LogP contribution in [0.25, 0.3) is 0 Å². The maximum atomic E-state index is 5.75. The van der Waals surface area contributed by atoms with Crippen molar-refractivity contribution in [1.82, 2.24) is 4.98 Å². The minimum absolute atomic E-state index is 0.492. The highest BCUT2D eigenvalue weighted by atomic mass is 79.9. The van der Waals surface area contributed by atoms with Crippen molar-refractivity contribution >= 4 is 38.8 Å². The van der Waals surface area contributed by atoms with Gasteiger partial charge in [0.15, 0.2) is 5.82 Å². The van der Waals surface area contributed by atoms with Crippen LogP contribution in [0.15, 0.2) is 51.2 Å². The highest BCUT2D eigenvalue weighted by Gasteiger charge is 1.98. The number of azo groups is 1. The number of hydrogen-bond acceptors (Lipinski definition) is 5. The first-order valence-electron chi connectivity index (χ1n) is 4.83. The van der Waals surface area contributed by atoms with Gasteiger partial charge in [-0.3, -0.25) is 0 Å². The molecule has 0 amide bonds. The fourth-order valence-corrected chi connectivity index (χ4v) is 1.43. The molecule has 2 rings (SSSR count). The number of halogens is 1. The van der Waals surface area contributed by atoms with Gasteiger partial charge in [-0.05, 0) is 46.3 Å². The van der Waals surface area contributed by atoms with E-state index in [9.17, 15) is 0 Å². The molecule has 5 nitrogen and oxygen atoms in total. The van der Waals surface area contributed by atoms with Gasteiger partial charge in [-0.2, -0.15) is 0 Å². The summed E-state index contributed by atoms with van der Waals surface area (Å²) in [7, 11) is 0. The van der Waals surface area contributed by atoms with Crippen molar-refractivity contribution in [3.8, 4) is 0 Å². The zero-order valence-electron chi connectivity index (χ0n) is 8.84. The second kappa shape index (κ2) is 4.92. The van der Waals surface area contributed by atoms with Crippen LogP contribution in [0.4, 0.5) is 22.9 Å². The van der Waals surface area contributed by atoms with E-state index in [-0.39, 0.29) is 0 Å². The second-order valence-electron chi connectivity index (χ2n) is 3.35. The lowest BCUT2D eigenvalue weighted by Crippen LogP contribution is -1.89. The van der Waals surface area contributed by atoms with Gasteiger partial charge in [-0.1, -0.05) is 0 Å². The number of pyridine rings is 1. The molecule has 0 aliphatic heterocycles. The molecule has 0 bridgehead atoms. The summed E-state index contributed by atoms with van der Waals surface area (Å²) in [6.45, 7) is 0. The fraction of sp³-hybridized carbons (Fsp3) is 0. The summed E-state index contributed by atoms with van der Waals surface area (Å²) in [6.07, 6.45) is 1.65. The van der Waals surface area contributed by atoms with Crippen LogP contribution in [0.5, 0.6) is 0 Å². The van der Waals surface area contributed by atoms with Crippen LogP contribution in [0.2, 0.25) is 0 Å². The number of nitrogens with zero attached hydrogens (tertiary/aromatic N) is 3. The van der Waals surface area contributed by atoms with Crippen LogP contribution >= 0.6 is 15.9 Å². The van der Waals surface area contributed by atoms with Crippen molar-refractivity contribution in [2.24, 2.45) is 10.2 Å². The quantitative estimate of drug-likeness (QED) is 0.656. The Morgan fingerprint density at radius 1 is 1.06 bits per heavy atom. The zero-order valence-corrected chi connectivity index (χ0v) is 10.4. The van der Waals surface area contributed by atoms with E-state index in [1.165, 1.54) is 0 Å². The SMILES string of the molecule is Nc1ccc(/N=N/c2ccc(Br)cn2)c(N)c1. The summed E-state index contributed by atoms with van der Waals surface area (Å²) in [5.74, 6) is 0.518. The Morgan fingerprint density at radius 2 is 1.88 bits per heavy atom. The summed E-state index contributed by atoms with van der Waals surface area (Å²) < 4.78 is 0.892. The molecule has 2 aromatic rings. The summed E-state index contributed by atoms with van der Waals surface area (Å²) in [4.78, 5) is 4.07. The monoisotopic (exact) mass is 291 g/mol. The molecular weight excluding hydrogens is 282 g/mol. The minimum Gasteiger partial charge on any atom is -0.399 e. The highest BCUT2D eigenvalue weighted by Crippen LogP contribution is 2.25. The molecular formula is C11H10BrN5. The van der Waals surface area contributed by atoms with E-state index in [1.807, 2.05) is 6.07 Å². The van der Waals surface area contributed by atoms with Crippen LogP contribution in [-0.2, 0) is 0 Å². The van der Waals surface area contributed by atoms with Gasteiger partial charge in [0.2, 0.25) is 0 Å². The van der Waals surface area contributed by atoms with Crippen molar-refractivity contribution in [3.63, 3.8) is 0 Å². The maximum Gasteiger partial charge on any atom is 0.174 e. The smallest absolute Gasteiger partial charge is 0.174 e. The first-order chi connectivity index (χ1) is 8.15. The Morgan fingerprint density at radius 3 is 2.53 bits per heavy atom. The minimum atomic E-state index is 0.492. The number of nitrogens with two attached hydrogens (primary N) is 2. The molecule has 0 atom stereocenters. The summed E-state index contributed by atoms with van der Waals surface area (Å²) in [6, 6.07) is 8.67. The average Bonchev–Trinajstić information content (AvgIpc) is 2.30. The lowest BCUT2D eigenvalue weighted by molar-refractivity contribution is 1.15. The van der Waals surface area contributed by atoms with E-state index in [2.05, 4.69) is 31.1 Å². The van der Waals surface area contributed by atoms with E-state index in [1.54, 1.807) is 30.5 Å². The third-order valence-corrected chi connectivity index (χ3v) is 2.49. The van der Waals surface area contributed by atoms with E-state index in [0.29, 0.717) is 22.9 Å². The van der Waals surface area contributed by atoms with Gasteiger partial charge in [0.1, 0.15) is 5.69 Å². The number of benzene rings is 1. The van der Waals surface area contributed by atoms with Crippen molar-refractivity contribution in [2.45, 2.75) is 0 Å². The molecule has 17 heavy (non-hydrogen) atoms. The Hall–Kier alpha value is -1.95. The second-order valence-corrected chi connectivity index (χ2v) is 4.27. The Balaban J connectivity index is 2.23.